The predicted molar refractivity (Wildman–Crippen MR) is 83.1 cm³/mol. The molecule has 0 aliphatic heterocycles. The lowest BCUT2D eigenvalue weighted by molar-refractivity contribution is 0.0760. The number of nitrogens with zero attached hydrogens (tertiary/aromatic N) is 2. The van der Waals surface area contributed by atoms with Crippen LogP contribution in [0.25, 0.3) is 0 Å². The van der Waals surface area contributed by atoms with Gasteiger partial charge in [-0.05, 0) is 19.3 Å². The van der Waals surface area contributed by atoms with E-state index in [9.17, 15) is 4.79 Å². The molecule has 0 saturated heterocycles. The van der Waals surface area contributed by atoms with Crippen LogP contribution in [-0.4, -0.2) is 47.1 Å². The normalized spacial score (nSPS) is 10.8. The highest BCUT2D eigenvalue weighted by molar-refractivity contribution is 7.18. The van der Waals surface area contributed by atoms with Crippen LogP contribution < -0.4 is 11.1 Å². The highest BCUT2D eigenvalue weighted by Gasteiger charge is 2.21. The van der Waals surface area contributed by atoms with Crippen molar-refractivity contribution in [3.63, 3.8) is 0 Å². The van der Waals surface area contributed by atoms with E-state index in [0.717, 1.165) is 6.54 Å². The van der Waals surface area contributed by atoms with Crippen molar-refractivity contribution in [2.45, 2.75) is 27.2 Å². The van der Waals surface area contributed by atoms with Gasteiger partial charge in [-0.3, -0.25) is 4.79 Å². The summed E-state index contributed by atoms with van der Waals surface area (Å²) in [4.78, 5) is 18.7. The number of hydrogen-bond donors (Lipinski definition) is 3. The SMILES string of the molecule is CCN(CCCO)C(=O)c1sc(NCC(C)C)nc1N. The lowest BCUT2D eigenvalue weighted by atomic mass is 10.2. The number of aliphatic hydroxyl groups is 1. The minimum absolute atomic E-state index is 0.0726. The van der Waals surface area contributed by atoms with Crippen LogP contribution in [0, 0.1) is 5.92 Å². The summed E-state index contributed by atoms with van der Waals surface area (Å²) in [6.07, 6.45) is 0.566. The number of hydrogen-bond acceptors (Lipinski definition) is 6. The summed E-state index contributed by atoms with van der Waals surface area (Å²) < 4.78 is 0. The monoisotopic (exact) mass is 300 g/mol. The maximum absolute atomic E-state index is 12.4. The molecule has 20 heavy (non-hydrogen) atoms. The van der Waals surface area contributed by atoms with Crippen LogP contribution in [0.1, 0.15) is 36.9 Å². The quantitative estimate of drug-likeness (QED) is 0.679. The molecule has 0 saturated carbocycles. The number of carbonyl (C=O) groups is 1. The van der Waals surface area contributed by atoms with Crippen LogP contribution >= 0.6 is 11.3 Å². The number of nitrogens with one attached hydrogen (secondary N) is 1. The first kappa shape index (κ1) is 16.7. The number of aromatic nitrogens is 1. The molecule has 0 aromatic carbocycles. The summed E-state index contributed by atoms with van der Waals surface area (Å²) in [5, 5.41) is 12.7. The van der Waals surface area contributed by atoms with Gasteiger partial charge >= 0.3 is 0 Å². The lowest BCUT2D eigenvalue weighted by Gasteiger charge is -2.19. The zero-order valence-corrected chi connectivity index (χ0v) is 13.2. The molecule has 0 spiro atoms. The van der Waals surface area contributed by atoms with Crippen molar-refractivity contribution in [3.05, 3.63) is 4.88 Å². The third-order valence-corrected chi connectivity index (χ3v) is 3.78. The molecule has 1 aromatic heterocycles. The Hall–Kier alpha value is -1.34. The summed E-state index contributed by atoms with van der Waals surface area (Å²) in [7, 11) is 0. The largest absolute Gasteiger partial charge is 0.396 e. The zero-order valence-electron chi connectivity index (χ0n) is 12.3. The van der Waals surface area contributed by atoms with E-state index in [1.165, 1.54) is 11.3 Å². The molecule has 0 unspecified atom stereocenters. The van der Waals surface area contributed by atoms with Crippen molar-refractivity contribution >= 4 is 28.2 Å². The van der Waals surface area contributed by atoms with Gasteiger partial charge in [0.2, 0.25) is 0 Å². The molecule has 0 aliphatic carbocycles. The van der Waals surface area contributed by atoms with Gasteiger partial charge in [0.25, 0.3) is 5.91 Å². The second-order valence-electron chi connectivity index (χ2n) is 4.97. The topological polar surface area (TPSA) is 91.5 Å². The second-order valence-corrected chi connectivity index (χ2v) is 5.97. The third kappa shape index (κ3) is 4.64. The molecule has 7 heteroatoms. The Balaban J connectivity index is 2.76. The molecule has 1 heterocycles. The first-order valence-electron chi connectivity index (χ1n) is 6.89. The maximum Gasteiger partial charge on any atom is 0.267 e. The number of aliphatic hydroxyl groups excluding tert-OH is 1. The van der Waals surface area contributed by atoms with Crippen LogP contribution in [0.2, 0.25) is 0 Å². The van der Waals surface area contributed by atoms with Crippen LogP contribution in [0.5, 0.6) is 0 Å². The van der Waals surface area contributed by atoms with E-state index in [1.807, 2.05) is 6.92 Å². The maximum atomic E-state index is 12.4. The Bertz CT molecular complexity index is 434. The van der Waals surface area contributed by atoms with E-state index in [-0.39, 0.29) is 18.3 Å². The molecular weight excluding hydrogens is 276 g/mol. The van der Waals surface area contributed by atoms with Crippen molar-refractivity contribution in [2.24, 2.45) is 5.92 Å². The fourth-order valence-electron chi connectivity index (χ4n) is 1.66. The van der Waals surface area contributed by atoms with E-state index in [2.05, 4.69) is 24.1 Å². The molecule has 0 radical (unpaired) electrons. The van der Waals surface area contributed by atoms with E-state index >= 15 is 0 Å². The molecule has 1 amide bonds. The Morgan fingerprint density at radius 2 is 2.25 bits per heavy atom. The minimum Gasteiger partial charge on any atom is -0.396 e. The molecule has 6 nitrogen and oxygen atoms in total. The molecule has 1 aromatic rings. The standard InChI is InChI=1S/C13H24N4O2S/c1-4-17(6-5-7-18)12(19)10-11(14)16-13(20-10)15-8-9(2)3/h9,18H,4-8,14H2,1-3H3,(H,15,16). The van der Waals surface area contributed by atoms with Gasteiger partial charge in [0, 0.05) is 26.2 Å². The summed E-state index contributed by atoms with van der Waals surface area (Å²) in [6.45, 7) is 8.09. The fraction of sp³-hybridized carbons (Fsp3) is 0.692. The Morgan fingerprint density at radius 3 is 2.80 bits per heavy atom. The van der Waals surface area contributed by atoms with Crippen LogP contribution in [0.15, 0.2) is 0 Å². The van der Waals surface area contributed by atoms with Crippen molar-refractivity contribution in [3.8, 4) is 0 Å². The van der Waals surface area contributed by atoms with Gasteiger partial charge in [-0.2, -0.15) is 0 Å². The number of carbonyl (C=O) groups excluding carboxylic acids is 1. The van der Waals surface area contributed by atoms with Gasteiger partial charge in [-0.25, -0.2) is 4.98 Å². The van der Waals surface area contributed by atoms with E-state index < -0.39 is 0 Å². The van der Waals surface area contributed by atoms with Crippen molar-refractivity contribution < 1.29 is 9.90 Å². The molecule has 0 atom stereocenters. The Labute approximate surface area is 124 Å². The molecular formula is C13H24N4O2S. The predicted octanol–water partition coefficient (Wildman–Crippen LogP) is 1.64. The van der Waals surface area contributed by atoms with Gasteiger partial charge in [-0.15, -0.1) is 0 Å². The number of thiazole rings is 1. The first-order valence-corrected chi connectivity index (χ1v) is 7.71. The lowest BCUT2D eigenvalue weighted by Crippen LogP contribution is -2.32. The minimum atomic E-state index is -0.117. The zero-order chi connectivity index (χ0) is 15.1. The van der Waals surface area contributed by atoms with Crippen molar-refractivity contribution in [2.75, 3.05) is 37.3 Å². The average molecular weight is 300 g/mol. The van der Waals surface area contributed by atoms with Crippen LogP contribution in [0.4, 0.5) is 10.9 Å². The summed E-state index contributed by atoms with van der Waals surface area (Å²) in [5.41, 5.74) is 5.83. The highest BCUT2D eigenvalue weighted by atomic mass is 32.1. The Kier molecular flexibility index (Phi) is 6.74. The summed E-state index contributed by atoms with van der Waals surface area (Å²) in [6, 6.07) is 0. The number of rotatable bonds is 8. The number of amides is 1. The molecule has 4 N–H and O–H groups in total. The first-order chi connectivity index (χ1) is 9.49. The van der Waals surface area contributed by atoms with E-state index in [0.29, 0.717) is 35.4 Å². The molecule has 0 bridgehead atoms. The summed E-state index contributed by atoms with van der Waals surface area (Å²) >= 11 is 1.29. The fourth-order valence-corrected chi connectivity index (χ4v) is 2.52. The van der Waals surface area contributed by atoms with Gasteiger partial charge in [0.05, 0.1) is 0 Å². The van der Waals surface area contributed by atoms with Crippen LogP contribution in [-0.2, 0) is 0 Å². The second kappa shape index (κ2) is 8.06. The van der Waals surface area contributed by atoms with Crippen LogP contribution in [0.3, 0.4) is 0 Å². The highest BCUT2D eigenvalue weighted by Crippen LogP contribution is 2.26. The number of anilines is 2. The van der Waals surface area contributed by atoms with Crippen molar-refractivity contribution in [1.29, 1.82) is 0 Å². The average Bonchev–Trinajstić information content (AvgIpc) is 2.78. The number of nitrogen functional groups attached to an aromatic ring is 1. The molecule has 0 fully saturated rings. The van der Waals surface area contributed by atoms with Crippen molar-refractivity contribution in [1.82, 2.24) is 9.88 Å². The molecule has 1 rings (SSSR count). The third-order valence-electron chi connectivity index (χ3n) is 2.76. The van der Waals surface area contributed by atoms with Gasteiger partial charge in [-0.1, -0.05) is 25.2 Å². The van der Waals surface area contributed by atoms with Gasteiger partial charge in [0.15, 0.2) is 5.13 Å². The van der Waals surface area contributed by atoms with Gasteiger partial charge < -0.3 is 21.1 Å². The summed E-state index contributed by atoms with van der Waals surface area (Å²) in [5.74, 6) is 0.651. The molecule has 0 aliphatic rings. The molecule has 114 valence electrons. The Morgan fingerprint density at radius 1 is 1.55 bits per heavy atom. The van der Waals surface area contributed by atoms with E-state index in [4.69, 9.17) is 10.8 Å². The smallest absolute Gasteiger partial charge is 0.267 e. The van der Waals surface area contributed by atoms with E-state index in [1.54, 1.807) is 4.90 Å². The number of nitrogens with two attached hydrogens (primary N) is 1. The van der Waals surface area contributed by atoms with Gasteiger partial charge in [0.1, 0.15) is 10.7 Å².